The molecule has 0 N–H and O–H groups in total. The molecule has 0 aliphatic heterocycles. The normalized spacial score (nSPS) is 10.6. The van der Waals surface area contributed by atoms with Crippen LogP contribution >= 0.6 is 0 Å². The maximum absolute atomic E-state index is 10.5. The van der Waals surface area contributed by atoms with Crippen LogP contribution in [-0.2, 0) is 0 Å². The van der Waals surface area contributed by atoms with Crippen molar-refractivity contribution >= 4 is 11.9 Å². The lowest BCUT2D eigenvalue weighted by Crippen LogP contribution is -2.25. The van der Waals surface area contributed by atoms with E-state index in [2.05, 4.69) is 5.10 Å². The van der Waals surface area contributed by atoms with Gasteiger partial charge in [-0.2, -0.15) is 0 Å². The van der Waals surface area contributed by atoms with Gasteiger partial charge in [-0.05, 0) is 22.8 Å². The fraction of sp³-hybridized carbons (Fsp3) is 0. The van der Waals surface area contributed by atoms with Gasteiger partial charge in [0, 0.05) is 24.3 Å². The number of pyridine rings is 1. The van der Waals surface area contributed by atoms with Crippen molar-refractivity contribution in [3.8, 4) is 0 Å². The molecular formula is C12H10N3O2+. The lowest BCUT2D eigenvalue weighted by molar-refractivity contribution is -0.678. The maximum Gasteiger partial charge on any atom is 0.269 e. The number of hydrogen-bond donors (Lipinski definition) is 0. The second-order valence-corrected chi connectivity index (χ2v) is 3.35. The number of rotatable bonds is 3. The molecule has 0 aliphatic rings. The zero-order valence-electron chi connectivity index (χ0n) is 8.93. The van der Waals surface area contributed by atoms with E-state index in [0.717, 1.165) is 5.56 Å². The van der Waals surface area contributed by atoms with Crippen molar-refractivity contribution in [3.05, 3.63) is 70.5 Å². The zero-order valence-corrected chi connectivity index (χ0v) is 8.93. The molecule has 0 saturated carbocycles. The van der Waals surface area contributed by atoms with Gasteiger partial charge in [-0.25, -0.2) is 0 Å². The van der Waals surface area contributed by atoms with Crippen LogP contribution in [0.15, 0.2) is 60.0 Å². The Kier molecular flexibility index (Phi) is 3.20. The fourth-order valence-electron chi connectivity index (χ4n) is 1.28. The predicted octanol–water partition coefficient (Wildman–Crippen LogP) is 1.76. The number of aromatic nitrogens is 1. The molecule has 1 aromatic heterocycles. The first kappa shape index (κ1) is 10.9. The highest BCUT2D eigenvalue weighted by Crippen LogP contribution is 2.10. The molecule has 0 saturated heterocycles. The molecule has 0 bridgehead atoms. The zero-order chi connectivity index (χ0) is 12.1. The van der Waals surface area contributed by atoms with Gasteiger partial charge in [0.1, 0.15) is 6.21 Å². The Morgan fingerprint density at radius 2 is 1.76 bits per heavy atom. The smallest absolute Gasteiger partial charge is 0.258 e. The van der Waals surface area contributed by atoms with Crippen LogP contribution in [0.1, 0.15) is 5.56 Å². The molecule has 0 unspecified atom stereocenters. The van der Waals surface area contributed by atoms with E-state index in [0.29, 0.717) is 0 Å². The number of benzene rings is 1. The second-order valence-electron chi connectivity index (χ2n) is 3.35. The molecular weight excluding hydrogens is 218 g/mol. The molecule has 0 radical (unpaired) electrons. The third kappa shape index (κ3) is 2.94. The Labute approximate surface area is 97.8 Å². The summed E-state index contributed by atoms with van der Waals surface area (Å²) in [6.07, 6.45) is 5.26. The summed E-state index contributed by atoms with van der Waals surface area (Å²) in [7, 11) is 0. The van der Waals surface area contributed by atoms with E-state index in [-0.39, 0.29) is 5.69 Å². The number of non-ortho nitro benzene ring substituents is 1. The average molecular weight is 228 g/mol. The molecule has 1 heterocycles. The van der Waals surface area contributed by atoms with Crippen molar-refractivity contribution in [1.82, 2.24) is 0 Å². The van der Waals surface area contributed by atoms with Crippen molar-refractivity contribution in [2.75, 3.05) is 0 Å². The first-order valence-corrected chi connectivity index (χ1v) is 5.01. The average Bonchev–Trinajstić information content (AvgIpc) is 2.38. The molecule has 0 atom stereocenters. The number of nitro benzene ring substituents is 1. The first-order valence-electron chi connectivity index (χ1n) is 5.01. The van der Waals surface area contributed by atoms with Crippen LogP contribution in [0.5, 0.6) is 0 Å². The van der Waals surface area contributed by atoms with Crippen LogP contribution < -0.4 is 4.68 Å². The van der Waals surface area contributed by atoms with Crippen molar-refractivity contribution in [1.29, 1.82) is 0 Å². The number of nitrogens with zero attached hydrogens (tertiary/aromatic N) is 3. The van der Waals surface area contributed by atoms with Crippen LogP contribution in [0.3, 0.4) is 0 Å². The number of hydrogen-bond acceptors (Lipinski definition) is 3. The van der Waals surface area contributed by atoms with E-state index in [1.54, 1.807) is 23.0 Å². The van der Waals surface area contributed by atoms with E-state index in [4.69, 9.17) is 0 Å². The van der Waals surface area contributed by atoms with E-state index in [9.17, 15) is 10.1 Å². The Bertz CT molecular complexity index is 535. The lowest BCUT2D eigenvalue weighted by Gasteiger charge is -1.91. The van der Waals surface area contributed by atoms with E-state index in [1.807, 2.05) is 30.6 Å². The lowest BCUT2D eigenvalue weighted by atomic mass is 10.2. The van der Waals surface area contributed by atoms with Crippen LogP contribution in [0, 0.1) is 10.1 Å². The SMILES string of the molecule is O=[N+]([O-])c1ccc(C=N[n+]2ccccc2)cc1. The molecule has 17 heavy (non-hydrogen) atoms. The highest BCUT2D eigenvalue weighted by Gasteiger charge is 2.02. The maximum atomic E-state index is 10.5. The van der Waals surface area contributed by atoms with E-state index >= 15 is 0 Å². The molecule has 5 nitrogen and oxygen atoms in total. The minimum absolute atomic E-state index is 0.0783. The van der Waals surface area contributed by atoms with Gasteiger partial charge >= 0.3 is 0 Å². The topological polar surface area (TPSA) is 59.4 Å². The third-order valence-electron chi connectivity index (χ3n) is 2.14. The Hall–Kier alpha value is -2.56. The molecule has 2 aromatic rings. The van der Waals surface area contributed by atoms with Gasteiger partial charge in [-0.15, -0.1) is 0 Å². The summed E-state index contributed by atoms with van der Waals surface area (Å²) in [5.41, 5.74) is 0.890. The van der Waals surface area contributed by atoms with Crippen molar-refractivity contribution in [2.45, 2.75) is 0 Å². The van der Waals surface area contributed by atoms with Crippen LogP contribution in [-0.4, -0.2) is 11.1 Å². The Morgan fingerprint density at radius 3 is 2.35 bits per heavy atom. The molecule has 5 heteroatoms. The van der Waals surface area contributed by atoms with Gasteiger partial charge in [0.05, 0.1) is 4.92 Å². The minimum atomic E-state index is -0.424. The summed E-state index contributed by atoms with van der Waals surface area (Å²) < 4.78 is 1.65. The van der Waals surface area contributed by atoms with E-state index < -0.39 is 4.92 Å². The molecule has 84 valence electrons. The van der Waals surface area contributed by atoms with Crippen molar-refractivity contribution in [2.24, 2.45) is 5.10 Å². The molecule has 0 amide bonds. The number of nitro groups is 1. The van der Waals surface area contributed by atoms with Crippen LogP contribution in [0.2, 0.25) is 0 Å². The quantitative estimate of drug-likeness (QED) is 0.348. The van der Waals surface area contributed by atoms with Crippen LogP contribution in [0.4, 0.5) is 5.69 Å². The van der Waals surface area contributed by atoms with Gasteiger partial charge in [0.15, 0.2) is 0 Å². The minimum Gasteiger partial charge on any atom is -0.258 e. The van der Waals surface area contributed by atoms with Crippen molar-refractivity contribution in [3.63, 3.8) is 0 Å². The van der Waals surface area contributed by atoms with Gasteiger partial charge in [0.2, 0.25) is 12.4 Å². The van der Waals surface area contributed by atoms with Gasteiger partial charge < -0.3 is 0 Å². The molecule has 0 aliphatic carbocycles. The molecule has 1 aromatic carbocycles. The Morgan fingerprint density at radius 1 is 1.12 bits per heavy atom. The van der Waals surface area contributed by atoms with Gasteiger partial charge in [0.25, 0.3) is 5.69 Å². The third-order valence-corrected chi connectivity index (χ3v) is 2.14. The van der Waals surface area contributed by atoms with Gasteiger partial charge in [-0.1, -0.05) is 10.7 Å². The summed E-state index contributed by atoms with van der Waals surface area (Å²) in [6, 6.07) is 11.9. The van der Waals surface area contributed by atoms with Crippen LogP contribution in [0.25, 0.3) is 0 Å². The highest BCUT2D eigenvalue weighted by molar-refractivity contribution is 5.79. The molecule has 2 rings (SSSR count). The second kappa shape index (κ2) is 4.98. The molecule has 0 fully saturated rings. The summed E-state index contributed by atoms with van der Waals surface area (Å²) in [6.45, 7) is 0. The summed E-state index contributed by atoms with van der Waals surface area (Å²) in [5, 5.41) is 14.6. The fourth-order valence-corrected chi connectivity index (χ4v) is 1.28. The van der Waals surface area contributed by atoms with Crippen molar-refractivity contribution < 1.29 is 9.60 Å². The standard InChI is InChI=1S/C12H10N3O2/c16-15(17)12-6-4-11(5-7-12)10-13-14-8-2-1-3-9-14/h1-10H/q+1. The summed E-state index contributed by atoms with van der Waals surface area (Å²) >= 11 is 0. The van der Waals surface area contributed by atoms with Gasteiger partial charge in [-0.3, -0.25) is 10.1 Å². The molecule has 0 spiro atoms. The predicted molar refractivity (Wildman–Crippen MR) is 62.7 cm³/mol. The first-order chi connectivity index (χ1) is 8.25. The van der Waals surface area contributed by atoms with E-state index in [1.165, 1.54) is 12.1 Å². The Balaban J connectivity index is 2.14. The monoisotopic (exact) mass is 228 g/mol. The summed E-state index contributed by atoms with van der Waals surface area (Å²) in [5.74, 6) is 0. The highest BCUT2D eigenvalue weighted by atomic mass is 16.6. The summed E-state index contributed by atoms with van der Waals surface area (Å²) in [4.78, 5) is 10.0. The largest absolute Gasteiger partial charge is 0.269 e.